The largest absolute Gasteiger partial charge is 0.399 e. The molecule has 0 saturated carbocycles. The Hall–Kier alpha value is -2.59. The van der Waals surface area contributed by atoms with Crippen LogP contribution in [-0.2, 0) is 0 Å². The summed E-state index contributed by atoms with van der Waals surface area (Å²) in [4.78, 5) is 20.5. The Morgan fingerprint density at radius 3 is 2.17 bits per heavy atom. The quantitative estimate of drug-likeness (QED) is 0.190. The van der Waals surface area contributed by atoms with E-state index in [1.54, 1.807) is 6.07 Å². The summed E-state index contributed by atoms with van der Waals surface area (Å²) in [5.74, 6) is -4.07. The molecule has 1 aromatic heterocycles. The van der Waals surface area contributed by atoms with Crippen molar-refractivity contribution in [1.82, 2.24) is 15.4 Å². The lowest BCUT2D eigenvalue weighted by atomic mass is 9.96. The topological polar surface area (TPSA) is 58.1 Å². The Kier molecular flexibility index (Phi) is 8.48. The summed E-state index contributed by atoms with van der Waals surface area (Å²) in [6.45, 7) is 0. The maximum Gasteiger partial charge on any atom is 0.399 e. The highest BCUT2D eigenvalue weighted by Gasteiger charge is 2.40. The minimum atomic E-state index is -4.87. The number of alkyl halides is 3. The van der Waals surface area contributed by atoms with E-state index in [0.29, 0.717) is 6.08 Å². The number of hydrogen-bond acceptors (Lipinski definition) is 4. The van der Waals surface area contributed by atoms with Crippen molar-refractivity contribution in [2.75, 3.05) is 12.1 Å². The molecule has 0 saturated heterocycles. The van der Waals surface area contributed by atoms with Gasteiger partial charge in [0.15, 0.2) is 0 Å². The van der Waals surface area contributed by atoms with Crippen LogP contribution in [0.4, 0.5) is 23.5 Å². The number of carbonyl (C=O) groups is 1. The molecule has 35 heavy (non-hydrogen) atoms. The van der Waals surface area contributed by atoms with Gasteiger partial charge in [-0.25, -0.2) is 14.4 Å². The number of halogens is 8. The zero-order valence-electron chi connectivity index (χ0n) is 17.5. The zero-order valence-corrected chi connectivity index (χ0v) is 20.6. The number of carbonyl (C=O) groups excluding carboxylic acids is 1. The van der Waals surface area contributed by atoms with Crippen LogP contribution in [-0.4, -0.2) is 29.1 Å². The Morgan fingerprint density at radius 1 is 1.03 bits per heavy atom. The van der Waals surface area contributed by atoms with E-state index in [4.69, 9.17) is 46.4 Å². The Labute approximate surface area is 217 Å². The van der Waals surface area contributed by atoms with Gasteiger partial charge in [-0.15, -0.1) is 0 Å². The van der Waals surface area contributed by atoms with Crippen LogP contribution < -0.4 is 10.4 Å². The zero-order chi connectivity index (χ0) is 25.9. The molecule has 1 heterocycles. The molecule has 13 heteroatoms. The highest BCUT2D eigenvalue weighted by molar-refractivity contribution is 6.48. The number of hydrazine groups is 1. The van der Waals surface area contributed by atoms with Gasteiger partial charge in [0.1, 0.15) is 11.7 Å². The lowest BCUT2D eigenvalue weighted by Crippen LogP contribution is -2.40. The summed E-state index contributed by atoms with van der Waals surface area (Å²) in [6.07, 6.45) is -1.56. The van der Waals surface area contributed by atoms with Crippen LogP contribution in [0.3, 0.4) is 0 Å². The highest BCUT2D eigenvalue weighted by atomic mass is 35.5. The standard InChI is InChI=1S/C22H14Cl4F4N4O/c1-34(21-31-5-2-6-32-21)33-20(35)13-4-3-11(7-15(13)23)18(27)10-14(22(28,29)30)12-8-16(24)19(26)17(25)9-12/h2-10,14H,1H3,(H,33,35). The van der Waals surface area contributed by atoms with Crippen molar-refractivity contribution in [3.63, 3.8) is 0 Å². The molecule has 0 radical (unpaired) electrons. The summed E-state index contributed by atoms with van der Waals surface area (Å²) in [7, 11) is 1.49. The first-order valence-electron chi connectivity index (χ1n) is 9.58. The van der Waals surface area contributed by atoms with E-state index in [9.17, 15) is 22.4 Å². The monoisotopic (exact) mass is 566 g/mol. The molecule has 1 N–H and O–H groups in total. The van der Waals surface area contributed by atoms with E-state index in [1.165, 1.54) is 30.5 Å². The summed E-state index contributed by atoms with van der Waals surface area (Å²) in [5, 5.41) is 0.520. The summed E-state index contributed by atoms with van der Waals surface area (Å²) < 4.78 is 56.1. The molecular formula is C22H14Cl4F4N4O. The van der Waals surface area contributed by atoms with Crippen molar-refractivity contribution >= 4 is 64.1 Å². The SMILES string of the molecule is CN(NC(=O)c1ccc(C(F)=CC(c2cc(Cl)c(Cl)c(Cl)c2)C(F)(F)F)cc1Cl)c1ncccn1. The normalized spacial score (nSPS) is 12.9. The first-order valence-corrected chi connectivity index (χ1v) is 11.1. The second kappa shape index (κ2) is 11.0. The second-order valence-corrected chi connectivity index (χ2v) is 8.68. The average molecular weight is 568 g/mol. The van der Waals surface area contributed by atoms with Crippen LogP contribution in [0, 0.1) is 0 Å². The molecule has 0 bridgehead atoms. The van der Waals surface area contributed by atoms with Crippen molar-refractivity contribution in [3.05, 3.63) is 91.6 Å². The van der Waals surface area contributed by atoms with Gasteiger partial charge < -0.3 is 0 Å². The Balaban J connectivity index is 1.88. The van der Waals surface area contributed by atoms with E-state index in [0.717, 1.165) is 24.3 Å². The number of anilines is 1. The third-order valence-electron chi connectivity index (χ3n) is 4.64. The van der Waals surface area contributed by atoms with E-state index >= 15 is 0 Å². The Bertz CT molecular complexity index is 1250. The van der Waals surface area contributed by atoms with Crippen molar-refractivity contribution in [2.24, 2.45) is 0 Å². The van der Waals surface area contributed by atoms with Gasteiger partial charge in [-0.1, -0.05) is 52.5 Å². The molecule has 0 fully saturated rings. The fourth-order valence-corrected chi connectivity index (χ4v) is 3.83. The van der Waals surface area contributed by atoms with Gasteiger partial charge in [0.25, 0.3) is 5.91 Å². The van der Waals surface area contributed by atoms with E-state index < -0.39 is 29.4 Å². The molecule has 1 amide bonds. The predicted molar refractivity (Wildman–Crippen MR) is 129 cm³/mol. The predicted octanol–water partition coefficient (Wildman–Crippen LogP) is 7.53. The van der Waals surface area contributed by atoms with Crippen LogP contribution in [0.15, 0.2) is 54.9 Å². The molecule has 0 aliphatic heterocycles. The minimum absolute atomic E-state index is 0.0466. The number of amides is 1. The average Bonchev–Trinajstić information content (AvgIpc) is 2.80. The molecule has 0 spiro atoms. The molecule has 3 rings (SSSR count). The highest BCUT2D eigenvalue weighted by Crippen LogP contribution is 2.42. The first-order chi connectivity index (χ1) is 16.4. The molecular weight excluding hydrogens is 554 g/mol. The van der Waals surface area contributed by atoms with Crippen molar-refractivity contribution in [3.8, 4) is 0 Å². The van der Waals surface area contributed by atoms with Crippen LogP contribution in [0.2, 0.25) is 20.1 Å². The van der Waals surface area contributed by atoms with Crippen molar-refractivity contribution in [1.29, 1.82) is 0 Å². The summed E-state index contributed by atoms with van der Waals surface area (Å²) >= 11 is 23.6. The molecule has 1 unspecified atom stereocenters. The summed E-state index contributed by atoms with van der Waals surface area (Å²) in [6, 6.07) is 6.86. The third kappa shape index (κ3) is 6.55. The van der Waals surface area contributed by atoms with Gasteiger partial charge in [-0.2, -0.15) is 13.2 Å². The number of nitrogens with zero attached hydrogens (tertiary/aromatic N) is 3. The minimum Gasteiger partial charge on any atom is -0.267 e. The molecule has 3 aromatic rings. The molecule has 1 atom stereocenters. The van der Waals surface area contributed by atoms with Crippen LogP contribution >= 0.6 is 46.4 Å². The fourth-order valence-electron chi connectivity index (χ4n) is 2.95. The van der Waals surface area contributed by atoms with Crippen molar-refractivity contribution < 1.29 is 22.4 Å². The van der Waals surface area contributed by atoms with E-state index in [2.05, 4.69) is 15.4 Å². The number of aromatic nitrogens is 2. The fraction of sp³-hybridized carbons (Fsp3) is 0.136. The van der Waals surface area contributed by atoms with Gasteiger partial charge in [0.05, 0.1) is 25.7 Å². The Morgan fingerprint density at radius 2 is 1.63 bits per heavy atom. The number of allylic oxidation sites excluding steroid dienone is 1. The maximum atomic E-state index is 14.9. The maximum absolute atomic E-state index is 14.9. The number of hydrogen-bond donors (Lipinski definition) is 1. The lowest BCUT2D eigenvalue weighted by molar-refractivity contribution is -0.139. The van der Waals surface area contributed by atoms with Gasteiger partial charge in [0, 0.05) is 25.0 Å². The van der Waals surface area contributed by atoms with Gasteiger partial charge >= 0.3 is 6.18 Å². The number of benzene rings is 2. The molecule has 5 nitrogen and oxygen atoms in total. The van der Waals surface area contributed by atoms with E-state index in [1.807, 2.05) is 0 Å². The van der Waals surface area contributed by atoms with Crippen LogP contribution in [0.25, 0.3) is 5.83 Å². The first kappa shape index (κ1) is 27.0. The number of rotatable bonds is 6. The smallest absolute Gasteiger partial charge is 0.267 e. The molecule has 2 aromatic carbocycles. The second-order valence-electron chi connectivity index (χ2n) is 7.08. The van der Waals surface area contributed by atoms with Gasteiger partial charge in [-0.05, 0) is 42.0 Å². The van der Waals surface area contributed by atoms with Gasteiger partial charge in [-0.3, -0.25) is 15.2 Å². The molecule has 184 valence electrons. The third-order valence-corrected chi connectivity index (χ3v) is 6.15. The van der Waals surface area contributed by atoms with E-state index in [-0.39, 0.29) is 37.2 Å². The van der Waals surface area contributed by atoms with Crippen LogP contribution in [0.5, 0.6) is 0 Å². The molecule has 0 aliphatic carbocycles. The van der Waals surface area contributed by atoms with Gasteiger partial charge in [0.2, 0.25) is 5.95 Å². The van der Waals surface area contributed by atoms with Crippen molar-refractivity contribution in [2.45, 2.75) is 12.1 Å². The van der Waals surface area contributed by atoms with Crippen LogP contribution in [0.1, 0.15) is 27.4 Å². The number of nitrogens with one attached hydrogen (secondary N) is 1. The molecule has 0 aliphatic rings. The lowest BCUT2D eigenvalue weighted by Gasteiger charge is -2.19. The summed E-state index contributed by atoms with van der Waals surface area (Å²) in [5.41, 5.74) is 1.76.